The van der Waals surface area contributed by atoms with Crippen molar-refractivity contribution in [3.8, 4) is 6.07 Å². The third kappa shape index (κ3) is 5.05. The summed E-state index contributed by atoms with van der Waals surface area (Å²) in [5.74, 6) is 0.0778. The topological polar surface area (TPSA) is 47.3 Å². The molecule has 1 fully saturated rings. The van der Waals surface area contributed by atoms with Crippen LogP contribution in [0, 0.1) is 11.3 Å². The van der Waals surface area contributed by atoms with Crippen molar-refractivity contribution in [2.24, 2.45) is 0 Å². The van der Waals surface area contributed by atoms with Crippen LogP contribution in [0.5, 0.6) is 0 Å². The number of nitriles is 1. The summed E-state index contributed by atoms with van der Waals surface area (Å²) >= 11 is 0. The molecule has 4 heteroatoms. The molecular formula is C22H23N3O. The summed E-state index contributed by atoms with van der Waals surface area (Å²) in [5, 5.41) is 8.88. The second-order valence-electron chi connectivity index (χ2n) is 6.51. The molecule has 0 saturated carbocycles. The molecule has 26 heavy (non-hydrogen) atoms. The molecule has 0 aliphatic carbocycles. The highest BCUT2D eigenvalue weighted by Crippen LogP contribution is 2.11. The second kappa shape index (κ2) is 8.98. The summed E-state index contributed by atoms with van der Waals surface area (Å²) in [6, 6.07) is 19.8. The highest BCUT2D eigenvalue weighted by Gasteiger charge is 2.17. The Morgan fingerprint density at radius 1 is 1.00 bits per heavy atom. The fourth-order valence-corrected chi connectivity index (χ4v) is 3.13. The van der Waals surface area contributed by atoms with Crippen LogP contribution in [0.2, 0.25) is 0 Å². The molecule has 0 radical (unpaired) electrons. The smallest absolute Gasteiger partial charge is 0.246 e. The summed E-state index contributed by atoms with van der Waals surface area (Å²) in [4.78, 5) is 16.7. The van der Waals surface area contributed by atoms with Crippen molar-refractivity contribution in [2.45, 2.75) is 13.0 Å². The number of nitrogens with zero attached hydrogens (tertiary/aromatic N) is 3. The van der Waals surface area contributed by atoms with Gasteiger partial charge in [0.15, 0.2) is 0 Å². The quantitative estimate of drug-likeness (QED) is 0.799. The van der Waals surface area contributed by atoms with Gasteiger partial charge in [-0.2, -0.15) is 5.26 Å². The largest absolute Gasteiger partial charge is 0.338 e. The monoisotopic (exact) mass is 345 g/mol. The molecule has 132 valence electrons. The molecule has 0 atom stereocenters. The van der Waals surface area contributed by atoms with Gasteiger partial charge >= 0.3 is 0 Å². The highest BCUT2D eigenvalue weighted by molar-refractivity contribution is 5.91. The highest BCUT2D eigenvalue weighted by atomic mass is 16.2. The van der Waals surface area contributed by atoms with Gasteiger partial charge in [-0.1, -0.05) is 42.5 Å². The molecule has 1 aliphatic heterocycles. The normalized spacial score (nSPS) is 15.6. The van der Waals surface area contributed by atoms with Crippen LogP contribution in [0.4, 0.5) is 0 Å². The molecule has 0 unspecified atom stereocenters. The Balaban J connectivity index is 1.53. The number of carbonyl (C=O) groups excluding carboxylic acids is 1. The maximum atomic E-state index is 12.4. The summed E-state index contributed by atoms with van der Waals surface area (Å²) < 4.78 is 0. The van der Waals surface area contributed by atoms with Crippen molar-refractivity contribution in [2.75, 3.05) is 26.2 Å². The molecule has 1 amide bonds. The fraction of sp³-hybridized carbons (Fsp3) is 0.273. The minimum Gasteiger partial charge on any atom is -0.338 e. The molecule has 1 aliphatic rings. The number of hydrogen-bond donors (Lipinski definition) is 0. The third-order valence-electron chi connectivity index (χ3n) is 4.61. The van der Waals surface area contributed by atoms with Crippen molar-refractivity contribution in [3.05, 3.63) is 77.4 Å². The number of rotatable bonds is 4. The van der Waals surface area contributed by atoms with Gasteiger partial charge in [-0.3, -0.25) is 9.69 Å². The standard InChI is InChI=1S/C22H23N3O/c23-17-20-7-9-21(10-8-20)18-24-13-4-14-25(16-15-24)22(26)12-11-19-5-2-1-3-6-19/h1-3,5-12H,4,13-16,18H2/b12-11+. The molecule has 1 heterocycles. The first-order chi connectivity index (χ1) is 12.7. The van der Waals surface area contributed by atoms with E-state index in [2.05, 4.69) is 11.0 Å². The Bertz CT molecular complexity index is 790. The van der Waals surface area contributed by atoms with Gasteiger partial charge in [-0.15, -0.1) is 0 Å². The minimum atomic E-state index is 0.0778. The molecule has 1 saturated heterocycles. The summed E-state index contributed by atoms with van der Waals surface area (Å²) in [6.45, 7) is 4.24. The predicted molar refractivity (Wildman–Crippen MR) is 103 cm³/mol. The first-order valence-electron chi connectivity index (χ1n) is 8.98. The number of carbonyl (C=O) groups is 1. The van der Waals surface area contributed by atoms with Gasteiger partial charge in [-0.05, 0) is 35.8 Å². The lowest BCUT2D eigenvalue weighted by Gasteiger charge is -2.21. The van der Waals surface area contributed by atoms with Crippen LogP contribution in [0.1, 0.15) is 23.1 Å². The van der Waals surface area contributed by atoms with E-state index in [0.29, 0.717) is 5.56 Å². The lowest BCUT2D eigenvalue weighted by atomic mass is 10.1. The lowest BCUT2D eigenvalue weighted by molar-refractivity contribution is -0.125. The van der Waals surface area contributed by atoms with Gasteiger partial charge in [0, 0.05) is 38.8 Å². The summed E-state index contributed by atoms with van der Waals surface area (Å²) in [7, 11) is 0. The van der Waals surface area contributed by atoms with Crippen LogP contribution >= 0.6 is 0 Å². The molecule has 2 aromatic rings. The SMILES string of the molecule is N#Cc1ccc(CN2CCCN(C(=O)/C=C/c3ccccc3)CC2)cc1. The van der Waals surface area contributed by atoms with E-state index < -0.39 is 0 Å². The Morgan fingerprint density at radius 2 is 1.77 bits per heavy atom. The van der Waals surface area contributed by atoms with E-state index in [9.17, 15) is 4.79 Å². The lowest BCUT2D eigenvalue weighted by Crippen LogP contribution is -2.34. The maximum Gasteiger partial charge on any atom is 0.246 e. The Labute approximate surface area is 155 Å². The molecule has 0 spiro atoms. The minimum absolute atomic E-state index is 0.0778. The van der Waals surface area contributed by atoms with Gasteiger partial charge in [0.05, 0.1) is 11.6 Å². The zero-order valence-electron chi connectivity index (χ0n) is 14.8. The fourth-order valence-electron chi connectivity index (χ4n) is 3.13. The molecule has 0 N–H and O–H groups in total. The van der Waals surface area contributed by atoms with Crippen molar-refractivity contribution >= 4 is 12.0 Å². The average Bonchev–Trinajstić information content (AvgIpc) is 2.93. The number of hydrogen-bond acceptors (Lipinski definition) is 3. The van der Waals surface area contributed by atoms with Crippen molar-refractivity contribution in [1.29, 1.82) is 5.26 Å². The molecule has 2 aromatic carbocycles. The van der Waals surface area contributed by atoms with Crippen LogP contribution in [-0.4, -0.2) is 41.9 Å². The number of amides is 1. The Morgan fingerprint density at radius 3 is 2.50 bits per heavy atom. The predicted octanol–water partition coefficient (Wildman–Crippen LogP) is 3.31. The van der Waals surface area contributed by atoms with Gasteiger partial charge in [0.2, 0.25) is 5.91 Å². The molecule has 0 aromatic heterocycles. The van der Waals surface area contributed by atoms with E-state index in [-0.39, 0.29) is 5.91 Å². The van der Waals surface area contributed by atoms with Gasteiger partial charge < -0.3 is 4.90 Å². The first-order valence-corrected chi connectivity index (χ1v) is 8.98. The van der Waals surface area contributed by atoms with E-state index in [4.69, 9.17) is 5.26 Å². The number of benzene rings is 2. The van der Waals surface area contributed by atoms with Gasteiger partial charge in [-0.25, -0.2) is 0 Å². The average molecular weight is 345 g/mol. The van der Waals surface area contributed by atoms with Crippen molar-refractivity contribution in [3.63, 3.8) is 0 Å². The van der Waals surface area contributed by atoms with E-state index in [1.54, 1.807) is 6.08 Å². The van der Waals surface area contributed by atoms with E-state index >= 15 is 0 Å². The van der Waals surface area contributed by atoms with Crippen LogP contribution in [0.3, 0.4) is 0 Å². The van der Waals surface area contributed by atoms with Crippen LogP contribution in [-0.2, 0) is 11.3 Å². The zero-order chi connectivity index (χ0) is 18.2. The Kier molecular flexibility index (Phi) is 6.19. The van der Waals surface area contributed by atoms with Crippen LogP contribution < -0.4 is 0 Å². The van der Waals surface area contributed by atoms with E-state index in [1.807, 2.05) is 65.6 Å². The summed E-state index contributed by atoms with van der Waals surface area (Å²) in [5.41, 5.74) is 2.93. The van der Waals surface area contributed by atoms with E-state index in [0.717, 1.165) is 44.7 Å². The second-order valence-corrected chi connectivity index (χ2v) is 6.51. The maximum absolute atomic E-state index is 12.4. The molecule has 0 bridgehead atoms. The van der Waals surface area contributed by atoms with Crippen molar-refractivity contribution < 1.29 is 4.79 Å². The molecular weight excluding hydrogens is 322 g/mol. The third-order valence-corrected chi connectivity index (χ3v) is 4.61. The van der Waals surface area contributed by atoms with Crippen molar-refractivity contribution in [1.82, 2.24) is 9.80 Å². The van der Waals surface area contributed by atoms with Gasteiger partial charge in [0.25, 0.3) is 0 Å². The molecule has 3 rings (SSSR count). The summed E-state index contributed by atoms with van der Waals surface area (Å²) in [6.07, 6.45) is 4.52. The Hall–Kier alpha value is -2.90. The van der Waals surface area contributed by atoms with Crippen LogP contribution in [0.25, 0.3) is 6.08 Å². The molecule has 4 nitrogen and oxygen atoms in total. The van der Waals surface area contributed by atoms with Crippen LogP contribution in [0.15, 0.2) is 60.7 Å². The first kappa shape index (κ1) is 17.9. The van der Waals surface area contributed by atoms with E-state index in [1.165, 1.54) is 5.56 Å². The van der Waals surface area contributed by atoms with Gasteiger partial charge in [0.1, 0.15) is 0 Å². The zero-order valence-corrected chi connectivity index (χ0v) is 14.8.